The average Bonchev–Trinajstić information content (AvgIpc) is 3.13. The smallest absolute Gasteiger partial charge is 0.266 e. The van der Waals surface area contributed by atoms with Gasteiger partial charge in [0.2, 0.25) is 0 Å². The van der Waals surface area contributed by atoms with Crippen LogP contribution in [0.25, 0.3) is 10.2 Å². The molecular formula is C21H23F2N3O3S. The number of hydrogen-bond acceptors (Lipinski definition) is 6. The number of carbonyl (C=O) groups excluding carboxylic acids is 1. The van der Waals surface area contributed by atoms with E-state index < -0.39 is 11.6 Å². The molecule has 0 fully saturated rings. The number of rotatable bonds is 9. The molecule has 2 aromatic carbocycles. The van der Waals surface area contributed by atoms with Crippen molar-refractivity contribution in [3.05, 3.63) is 48.0 Å². The number of carbonyl (C=O) groups is 1. The number of ether oxygens (including phenoxy) is 2. The predicted octanol–water partition coefficient (Wildman–Crippen LogP) is 3.95. The molecule has 0 radical (unpaired) electrons. The number of benzene rings is 2. The van der Waals surface area contributed by atoms with Crippen LogP contribution in [-0.2, 0) is 4.79 Å². The molecule has 160 valence electrons. The van der Waals surface area contributed by atoms with Gasteiger partial charge in [0.15, 0.2) is 17.6 Å². The minimum Gasteiger partial charge on any atom is -0.497 e. The number of fused-ring (bicyclic) bond motifs is 1. The monoisotopic (exact) mass is 435 g/mol. The van der Waals surface area contributed by atoms with Crippen LogP contribution in [0.4, 0.5) is 13.9 Å². The van der Waals surface area contributed by atoms with E-state index in [-0.39, 0.29) is 18.0 Å². The molecule has 0 saturated carbocycles. The SMILES string of the molecule is COc1ccc(OCC(=O)N(CCCN(C)C)c2nc3c(F)cc(F)cc3s2)cc1. The van der Waals surface area contributed by atoms with Crippen molar-refractivity contribution < 1.29 is 23.0 Å². The number of nitrogens with zero attached hydrogens (tertiary/aromatic N) is 3. The third kappa shape index (κ3) is 5.43. The Bertz CT molecular complexity index is 1010. The van der Waals surface area contributed by atoms with Gasteiger partial charge in [-0.2, -0.15) is 0 Å². The molecule has 0 unspecified atom stereocenters. The first-order chi connectivity index (χ1) is 14.4. The predicted molar refractivity (Wildman–Crippen MR) is 114 cm³/mol. The minimum absolute atomic E-state index is 0.0536. The summed E-state index contributed by atoms with van der Waals surface area (Å²) in [7, 11) is 5.45. The van der Waals surface area contributed by atoms with E-state index in [1.807, 2.05) is 19.0 Å². The van der Waals surface area contributed by atoms with Crippen LogP contribution in [0.2, 0.25) is 0 Å². The highest BCUT2D eigenvalue weighted by Gasteiger charge is 2.22. The molecule has 0 saturated heterocycles. The van der Waals surface area contributed by atoms with E-state index in [1.54, 1.807) is 31.4 Å². The van der Waals surface area contributed by atoms with Crippen molar-refractivity contribution in [1.82, 2.24) is 9.88 Å². The molecule has 1 amide bonds. The largest absolute Gasteiger partial charge is 0.497 e. The van der Waals surface area contributed by atoms with E-state index in [0.717, 1.165) is 23.9 Å². The van der Waals surface area contributed by atoms with Crippen LogP contribution < -0.4 is 14.4 Å². The molecule has 3 aromatic rings. The lowest BCUT2D eigenvalue weighted by atomic mass is 10.3. The van der Waals surface area contributed by atoms with E-state index in [2.05, 4.69) is 4.98 Å². The summed E-state index contributed by atoms with van der Waals surface area (Å²) in [6.07, 6.45) is 0.689. The van der Waals surface area contributed by atoms with Gasteiger partial charge >= 0.3 is 0 Å². The number of amides is 1. The van der Waals surface area contributed by atoms with Gasteiger partial charge in [0.25, 0.3) is 5.91 Å². The average molecular weight is 435 g/mol. The van der Waals surface area contributed by atoms with Crippen LogP contribution in [-0.4, -0.2) is 56.7 Å². The molecule has 0 aliphatic rings. The molecule has 6 nitrogen and oxygen atoms in total. The van der Waals surface area contributed by atoms with Crippen molar-refractivity contribution in [2.24, 2.45) is 0 Å². The molecule has 3 rings (SSSR count). The Labute approximate surface area is 177 Å². The second-order valence-corrected chi connectivity index (χ2v) is 7.91. The first-order valence-electron chi connectivity index (χ1n) is 9.35. The lowest BCUT2D eigenvalue weighted by molar-refractivity contribution is -0.120. The Morgan fingerprint density at radius 3 is 2.47 bits per heavy atom. The highest BCUT2D eigenvalue weighted by molar-refractivity contribution is 7.22. The summed E-state index contributed by atoms with van der Waals surface area (Å²) in [6.45, 7) is 0.935. The van der Waals surface area contributed by atoms with Gasteiger partial charge in [-0.25, -0.2) is 13.8 Å². The summed E-state index contributed by atoms with van der Waals surface area (Å²) in [5, 5.41) is 0.316. The van der Waals surface area contributed by atoms with Crippen LogP contribution in [0.3, 0.4) is 0 Å². The second kappa shape index (κ2) is 9.82. The highest BCUT2D eigenvalue weighted by atomic mass is 32.1. The lowest BCUT2D eigenvalue weighted by Gasteiger charge is -2.21. The normalized spacial score (nSPS) is 11.1. The summed E-state index contributed by atoms with van der Waals surface area (Å²) in [4.78, 5) is 20.6. The molecule has 30 heavy (non-hydrogen) atoms. The van der Waals surface area contributed by atoms with Gasteiger partial charge in [-0.15, -0.1) is 0 Å². The lowest BCUT2D eigenvalue weighted by Crippen LogP contribution is -2.36. The summed E-state index contributed by atoms with van der Waals surface area (Å²) < 4.78 is 38.7. The second-order valence-electron chi connectivity index (χ2n) is 6.90. The van der Waals surface area contributed by atoms with Crippen molar-refractivity contribution >= 4 is 32.6 Å². The van der Waals surface area contributed by atoms with Gasteiger partial charge in [-0.05, 0) is 57.4 Å². The molecule has 0 N–H and O–H groups in total. The summed E-state index contributed by atoms with van der Waals surface area (Å²) >= 11 is 1.08. The molecule has 1 aromatic heterocycles. The van der Waals surface area contributed by atoms with E-state index in [9.17, 15) is 13.6 Å². The van der Waals surface area contributed by atoms with Crippen LogP contribution in [0.5, 0.6) is 11.5 Å². The maximum Gasteiger partial charge on any atom is 0.266 e. The summed E-state index contributed by atoms with van der Waals surface area (Å²) in [5.41, 5.74) is 0.0536. The highest BCUT2D eigenvalue weighted by Crippen LogP contribution is 2.31. The Morgan fingerprint density at radius 2 is 1.80 bits per heavy atom. The van der Waals surface area contributed by atoms with Gasteiger partial charge in [-0.3, -0.25) is 9.69 Å². The zero-order chi connectivity index (χ0) is 21.7. The number of halogens is 2. The first-order valence-corrected chi connectivity index (χ1v) is 10.2. The standard InChI is InChI=1S/C21H23F2N3O3S/c1-25(2)9-4-10-26(19(27)13-29-16-7-5-15(28-3)6-8-16)21-24-20-17(23)11-14(22)12-18(20)30-21/h5-8,11-12H,4,9-10,13H2,1-3H3. The van der Waals surface area contributed by atoms with E-state index in [0.29, 0.717) is 34.3 Å². The Morgan fingerprint density at radius 1 is 1.10 bits per heavy atom. The topological polar surface area (TPSA) is 54.9 Å². The fourth-order valence-corrected chi connectivity index (χ4v) is 3.88. The van der Waals surface area contributed by atoms with E-state index in [4.69, 9.17) is 9.47 Å². The number of hydrogen-bond donors (Lipinski definition) is 0. The fraction of sp³-hybridized carbons (Fsp3) is 0.333. The molecule has 0 aliphatic heterocycles. The van der Waals surface area contributed by atoms with Gasteiger partial charge in [0.1, 0.15) is 22.8 Å². The quantitative estimate of drug-likeness (QED) is 0.510. The van der Waals surface area contributed by atoms with Gasteiger partial charge in [0.05, 0.1) is 11.8 Å². The zero-order valence-electron chi connectivity index (χ0n) is 17.0. The van der Waals surface area contributed by atoms with E-state index >= 15 is 0 Å². The third-order valence-electron chi connectivity index (χ3n) is 4.34. The Kier molecular flexibility index (Phi) is 7.17. The van der Waals surface area contributed by atoms with Crippen molar-refractivity contribution in [3.63, 3.8) is 0 Å². The van der Waals surface area contributed by atoms with Crippen LogP contribution >= 0.6 is 11.3 Å². The maximum atomic E-state index is 14.1. The molecule has 0 aliphatic carbocycles. The molecule has 0 atom stereocenters. The number of thiazole rings is 1. The molecule has 9 heteroatoms. The summed E-state index contributed by atoms with van der Waals surface area (Å²) in [5.74, 6) is -0.534. The number of anilines is 1. The van der Waals surface area contributed by atoms with Crippen molar-refractivity contribution in [2.45, 2.75) is 6.42 Å². The molecule has 0 spiro atoms. The maximum absolute atomic E-state index is 14.1. The van der Waals surface area contributed by atoms with Crippen LogP contribution in [0.1, 0.15) is 6.42 Å². The zero-order valence-corrected chi connectivity index (χ0v) is 17.8. The fourth-order valence-electron chi connectivity index (χ4n) is 2.83. The van der Waals surface area contributed by atoms with E-state index in [1.165, 1.54) is 11.0 Å². The molecule has 1 heterocycles. The van der Waals surface area contributed by atoms with Crippen LogP contribution in [0.15, 0.2) is 36.4 Å². The molecular weight excluding hydrogens is 412 g/mol. The van der Waals surface area contributed by atoms with Crippen LogP contribution in [0, 0.1) is 11.6 Å². The Balaban J connectivity index is 1.78. The number of aromatic nitrogens is 1. The Hall–Kier alpha value is -2.78. The third-order valence-corrected chi connectivity index (χ3v) is 5.37. The van der Waals surface area contributed by atoms with Crippen molar-refractivity contribution in [1.29, 1.82) is 0 Å². The van der Waals surface area contributed by atoms with Crippen molar-refractivity contribution in [3.8, 4) is 11.5 Å². The minimum atomic E-state index is -0.748. The van der Waals surface area contributed by atoms with Gasteiger partial charge in [-0.1, -0.05) is 11.3 Å². The van der Waals surface area contributed by atoms with Gasteiger partial charge in [0, 0.05) is 12.6 Å². The summed E-state index contributed by atoms with van der Waals surface area (Å²) in [6, 6.07) is 8.89. The first kappa shape index (κ1) is 21.9. The van der Waals surface area contributed by atoms with Gasteiger partial charge < -0.3 is 14.4 Å². The van der Waals surface area contributed by atoms with Crippen molar-refractivity contribution in [2.75, 3.05) is 45.8 Å². The number of methoxy groups -OCH3 is 1. The molecule has 0 bridgehead atoms.